The van der Waals surface area contributed by atoms with Crippen molar-refractivity contribution in [2.75, 3.05) is 33.3 Å². The van der Waals surface area contributed by atoms with Crippen LogP contribution in [0.5, 0.6) is 5.75 Å². The molecule has 0 radical (unpaired) electrons. The minimum absolute atomic E-state index is 0.0266. The van der Waals surface area contributed by atoms with Crippen molar-refractivity contribution in [3.8, 4) is 5.75 Å². The number of aryl methyl sites for hydroxylation is 2. The maximum absolute atomic E-state index is 13.2. The van der Waals surface area contributed by atoms with Crippen LogP contribution in [0.3, 0.4) is 0 Å². The van der Waals surface area contributed by atoms with Gasteiger partial charge in [-0.1, -0.05) is 32.0 Å². The summed E-state index contributed by atoms with van der Waals surface area (Å²) in [5.41, 5.74) is 2.58. The topological polar surface area (TPSA) is 58.6 Å². The molecule has 1 saturated heterocycles. The van der Waals surface area contributed by atoms with Crippen molar-refractivity contribution in [3.63, 3.8) is 0 Å². The number of carbonyl (C=O) groups is 1. The lowest BCUT2D eigenvalue weighted by molar-refractivity contribution is 0.0656. The molecule has 31 heavy (non-hydrogen) atoms. The molecule has 1 aromatic carbocycles. The highest BCUT2D eigenvalue weighted by atomic mass is 16.5. The molecule has 1 fully saturated rings. The molecule has 0 N–H and O–H groups in total. The summed E-state index contributed by atoms with van der Waals surface area (Å²) in [5, 5.41) is 0. The number of benzene rings is 1. The molecule has 168 valence electrons. The summed E-state index contributed by atoms with van der Waals surface area (Å²) in [6, 6.07) is 10.0. The fourth-order valence-electron chi connectivity index (χ4n) is 4.38. The third kappa shape index (κ3) is 6.50. The molecule has 0 aliphatic carbocycles. The van der Waals surface area contributed by atoms with E-state index in [-0.39, 0.29) is 5.91 Å². The second-order valence-corrected chi connectivity index (χ2v) is 9.08. The average molecular weight is 425 g/mol. The van der Waals surface area contributed by atoms with Crippen molar-refractivity contribution in [2.24, 2.45) is 11.8 Å². The van der Waals surface area contributed by atoms with E-state index < -0.39 is 0 Å². The Labute approximate surface area is 186 Å². The summed E-state index contributed by atoms with van der Waals surface area (Å²) in [6.45, 7) is 12.6. The third-order valence-electron chi connectivity index (χ3n) is 5.83. The van der Waals surface area contributed by atoms with Crippen LogP contribution in [0.1, 0.15) is 54.3 Å². The van der Waals surface area contributed by atoms with Gasteiger partial charge in [0.25, 0.3) is 5.91 Å². The van der Waals surface area contributed by atoms with Crippen molar-refractivity contribution in [3.05, 3.63) is 53.1 Å². The molecule has 1 aromatic heterocycles. The fraction of sp³-hybridized carbons (Fsp3) is 0.560. The van der Waals surface area contributed by atoms with Gasteiger partial charge in [-0.2, -0.15) is 0 Å². The van der Waals surface area contributed by atoms with Crippen molar-refractivity contribution in [1.29, 1.82) is 0 Å². The molecule has 0 unspecified atom stereocenters. The Morgan fingerprint density at radius 2 is 1.90 bits per heavy atom. The van der Waals surface area contributed by atoms with Gasteiger partial charge in [-0.25, -0.2) is 9.97 Å². The normalized spacial score (nSPS) is 15.3. The van der Waals surface area contributed by atoms with E-state index in [2.05, 4.69) is 40.8 Å². The Hall–Kier alpha value is -2.47. The molecular formula is C25H36N4O2. The Morgan fingerprint density at radius 1 is 1.19 bits per heavy atom. The summed E-state index contributed by atoms with van der Waals surface area (Å²) < 4.78 is 5.50. The summed E-state index contributed by atoms with van der Waals surface area (Å²) in [7, 11) is 1.73. The highest BCUT2D eigenvalue weighted by molar-refractivity contribution is 5.92. The van der Waals surface area contributed by atoms with Gasteiger partial charge in [0.2, 0.25) is 0 Å². The Morgan fingerprint density at radius 3 is 2.55 bits per heavy atom. The molecule has 0 atom stereocenters. The zero-order valence-corrected chi connectivity index (χ0v) is 19.6. The van der Waals surface area contributed by atoms with E-state index in [1.165, 1.54) is 5.56 Å². The number of carbonyl (C=O) groups excluding carboxylic acids is 1. The van der Waals surface area contributed by atoms with Crippen LogP contribution in [0.25, 0.3) is 0 Å². The highest BCUT2D eigenvalue weighted by Crippen LogP contribution is 2.24. The van der Waals surface area contributed by atoms with Crippen LogP contribution < -0.4 is 4.74 Å². The number of hydrogen-bond acceptors (Lipinski definition) is 5. The summed E-state index contributed by atoms with van der Waals surface area (Å²) >= 11 is 0. The minimum atomic E-state index is 0.0266. The first-order chi connectivity index (χ1) is 14.9. The Balaban J connectivity index is 1.61. The second kappa shape index (κ2) is 10.7. The van der Waals surface area contributed by atoms with Gasteiger partial charge < -0.3 is 9.64 Å². The van der Waals surface area contributed by atoms with Gasteiger partial charge in [0, 0.05) is 30.9 Å². The number of methoxy groups -OCH3 is 1. The first-order valence-electron chi connectivity index (χ1n) is 11.3. The Bertz CT molecular complexity index is 855. The molecule has 0 bridgehead atoms. The number of hydrogen-bond donors (Lipinski definition) is 0. The average Bonchev–Trinajstić information content (AvgIpc) is 2.73. The van der Waals surface area contributed by atoms with Crippen LogP contribution in [0.15, 0.2) is 30.3 Å². The van der Waals surface area contributed by atoms with Gasteiger partial charge in [-0.15, -0.1) is 0 Å². The van der Waals surface area contributed by atoms with E-state index >= 15 is 0 Å². The number of nitrogens with zero attached hydrogens (tertiary/aromatic N) is 4. The van der Waals surface area contributed by atoms with Crippen molar-refractivity contribution in [1.82, 2.24) is 19.8 Å². The predicted molar refractivity (Wildman–Crippen MR) is 123 cm³/mol. The summed E-state index contributed by atoms with van der Waals surface area (Å²) in [5.74, 6) is 2.56. The third-order valence-corrected chi connectivity index (χ3v) is 5.83. The van der Waals surface area contributed by atoms with Crippen LogP contribution >= 0.6 is 0 Å². The lowest BCUT2D eigenvalue weighted by atomic mass is 9.95. The van der Waals surface area contributed by atoms with E-state index in [9.17, 15) is 4.79 Å². The van der Waals surface area contributed by atoms with E-state index in [4.69, 9.17) is 4.74 Å². The lowest BCUT2D eigenvalue weighted by Gasteiger charge is -2.35. The number of amides is 1. The highest BCUT2D eigenvalue weighted by Gasteiger charge is 2.26. The van der Waals surface area contributed by atoms with Crippen molar-refractivity contribution in [2.45, 2.75) is 47.1 Å². The first-order valence-corrected chi connectivity index (χ1v) is 11.3. The fourth-order valence-corrected chi connectivity index (χ4v) is 4.38. The quantitative estimate of drug-likeness (QED) is 0.638. The molecule has 3 rings (SSSR count). The Kier molecular flexibility index (Phi) is 8.02. The van der Waals surface area contributed by atoms with Gasteiger partial charge in [-0.3, -0.25) is 9.69 Å². The maximum atomic E-state index is 13.2. The van der Waals surface area contributed by atoms with Crippen LogP contribution in [0.2, 0.25) is 0 Å². The minimum Gasteiger partial charge on any atom is -0.496 e. The van der Waals surface area contributed by atoms with E-state index in [1.54, 1.807) is 13.2 Å². The zero-order valence-electron chi connectivity index (χ0n) is 19.6. The van der Waals surface area contributed by atoms with Crippen LogP contribution in [-0.2, 0) is 6.54 Å². The van der Waals surface area contributed by atoms with E-state index in [0.29, 0.717) is 23.4 Å². The number of para-hydroxylation sites is 1. The molecule has 1 aliphatic rings. The van der Waals surface area contributed by atoms with Gasteiger partial charge in [0.05, 0.1) is 7.11 Å². The SMILES string of the molecule is COc1ccccc1CN1CCC(CN(CC(C)C)C(=O)c2cc(C)nc(C)n2)CC1. The molecule has 2 aromatic rings. The molecule has 2 heterocycles. The molecule has 1 amide bonds. The molecule has 0 saturated carbocycles. The number of aromatic nitrogens is 2. The maximum Gasteiger partial charge on any atom is 0.272 e. The van der Waals surface area contributed by atoms with Gasteiger partial charge in [0.1, 0.15) is 17.3 Å². The molecular weight excluding hydrogens is 388 g/mol. The lowest BCUT2D eigenvalue weighted by Crippen LogP contribution is -2.42. The number of rotatable bonds is 8. The van der Waals surface area contributed by atoms with Crippen LogP contribution in [0, 0.1) is 25.7 Å². The number of likely N-dealkylation sites (tertiary alicyclic amines) is 1. The van der Waals surface area contributed by atoms with E-state index in [1.807, 2.05) is 30.9 Å². The van der Waals surface area contributed by atoms with Crippen LogP contribution in [-0.4, -0.2) is 59.0 Å². The monoisotopic (exact) mass is 424 g/mol. The molecule has 0 spiro atoms. The summed E-state index contributed by atoms with van der Waals surface area (Å²) in [6.07, 6.45) is 2.19. The zero-order chi connectivity index (χ0) is 22.4. The second-order valence-electron chi connectivity index (χ2n) is 9.08. The first kappa shape index (κ1) is 23.2. The van der Waals surface area contributed by atoms with Crippen molar-refractivity contribution >= 4 is 5.91 Å². The van der Waals surface area contributed by atoms with Crippen LogP contribution in [0.4, 0.5) is 0 Å². The molecule has 1 aliphatic heterocycles. The summed E-state index contributed by atoms with van der Waals surface area (Å²) in [4.78, 5) is 26.5. The van der Waals surface area contributed by atoms with Gasteiger partial charge in [0.15, 0.2) is 0 Å². The van der Waals surface area contributed by atoms with E-state index in [0.717, 1.165) is 57.0 Å². The number of ether oxygens (including phenoxy) is 1. The standard InChI is InChI=1S/C25H36N4O2/c1-18(2)15-29(25(30)23-14-19(3)26-20(4)27-23)16-21-10-12-28(13-11-21)17-22-8-6-7-9-24(22)31-5/h6-9,14,18,21H,10-13,15-17H2,1-5H3. The number of piperidine rings is 1. The predicted octanol–water partition coefficient (Wildman–Crippen LogP) is 4.11. The van der Waals surface area contributed by atoms with Gasteiger partial charge in [-0.05, 0) is 63.7 Å². The molecule has 6 heteroatoms. The van der Waals surface area contributed by atoms with Gasteiger partial charge >= 0.3 is 0 Å². The molecule has 6 nitrogen and oxygen atoms in total. The smallest absolute Gasteiger partial charge is 0.272 e. The van der Waals surface area contributed by atoms with Crippen molar-refractivity contribution < 1.29 is 9.53 Å². The largest absolute Gasteiger partial charge is 0.496 e.